The van der Waals surface area contributed by atoms with Crippen molar-refractivity contribution in [3.05, 3.63) is 0 Å². The summed E-state index contributed by atoms with van der Waals surface area (Å²) >= 11 is 0. The summed E-state index contributed by atoms with van der Waals surface area (Å²) in [5, 5.41) is 0. The molecular formula is C9H18N2O2. The minimum Gasteiger partial charge on any atom is -0.368 e. The number of carbonyl (C=O) groups excluding carboxylic acids is 1. The van der Waals surface area contributed by atoms with Crippen LogP contribution in [-0.2, 0) is 9.53 Å². The van der Waals surface area contributed by atoms with Crippen LogP contribution in [0, 0.1) is 5.92 Å². The molecule has 0 bridgehead atoms. The molecule has 0 radical (unpaired) electrons. The number of ether oxygens (including phenoxy) is 1. The zero-order chi connectivity index (χ0) is 9.68. The Morgan fingerprint density at radius 2 is 2.38 bits per heavy atom. The van der Waals surface area contributed by atoms with E-state index < -0.39 is 0 Å². The van der Waals surface area contributed by atoms with Crippen LogP contribution in [0.2, 0.25) is 0 Å². The third-order valence-electron chi connectivity index (χ3n) is 2.22. The molecule has 0 aromatic heterocycles. The van der Waals surface area contributed by atoms with Crippen molar-refractivity contribution in [2.45, 2.75) is 38.7 Å². The van der Waals surface area contributed by atoms with Gasteiger partial charge in [-0.2, -0.15) is 0 Å². The molecule has 0 aromatic carbocycles. The summed E-state index contributed by atoms with van der Waals surface area (Å²) in [7, 11) is 0. The number of nitrogens with two attached hydrogens (primary N) is 1. The predicted octanol–water partition coefficient (Wildman–Crippen LogP) is 0.572. The van der Waals surface area contributed by atoms with Gasteiger partial charge in [0.05, 0.1) is 6.61 Å². The first-order valence-electron chi connectivity index (χ1n) is 4.90. The van der Waals surface area contributed by atoms with Crippen LogP contribution in [0.5, 0.6) is 0 Å². The lowest BCUT2D eigenvalue weighted by Crippen LogP contribution is -2.40. The normalized spacial score (nSPS) is 18.3. The van der Waals surface area contributed by atoms with Crippen molar-refractivity contribution in [1.82, 2.24) is 5.43 Å². The number of hydrogen-bond acceptors (Lipinski definition) is 3. The zero-order valence-electron chi connectivity index (χ0n) is 8.08. The van der Waals surface area contributed by atoms with Crippen LogP contribution in [0.3, 0.4) is 0 Å². The molecule has 4 heteroatoms. The minimum absolute atomic E-state index is 0.206. The maximum Gasteiger partial charge on any atom is 0.262 e. The van der Waals surface area contributed by atoms with Gasteiger partial charge in [0, 0.05) is 0 Å². The van der Waals surface area contributed by atoms with Gasteiger partial charge < -0.3 is 4.74 Å². The van der Waals surface area contributed by atoms with E-state index in [1.165, 1.54) is 12.8 Å². The van der Waals surface area contributed by atoms with E-state index in [2.05, 4.69) is 5.43 Å². The van der Waals surface area contributed by atoms with Crippen molar-refractivity contribution in [2.75, 3.05) is 6.61 Å². The summed E-state index contributed by atoms with van der Waals surface area (Å²) < 4.78 is 5.47. The smallest absolute Gasteiger partial charge is 0.262 e. The highest BCUT2D eigenvalue weighted by atomic mass is 16.5. The summed E-state index contributed by atoms with van der Waals surface area (Å²) in [5.74, 6) is 5.52. The van der Waals surface area contributed by atoms with Gasteiger partial charge in [-0.3, -0.25) is 10.2 Å². The van der Waals surface area contributed by atoms with Crippen molar-refractivity contribution < 1.29 is 9.53 Å². The molecule has 0 aliphatic heterocycles. The molecule has 3 N–H and O–H groups in total. The second-order valence-electron chi connectivity index (χ2n) is 3.56. The van der Waals surface area contributed by atoms with Crippen LogP contribution >= 0.6 is 0 Å². The zero-order valence-corrected chi connectivity index (χ0v) is 8.08. The van der Waals surface area contributed by atoms with Gasteiger partial charge in [0.15, 0.2) is 0 Å². The lowest BCUT2D eigenvalue weighted by Gasteiger charge is -2.14. The van der Waals surface area contributed by atoms with Crippen LogP contribution in [0.4, 0.5) is 0 Å². The Kier molecular flexibility index (Phi) is 4.18. The number of amides is 1. The molecule has 1 saturated carbocycles. The van der Waals surface area contributed by atoms with Crippen molar-refractivity contribution in [1.29, 1.82) is 0 Å². The highest BCUT2D eigenvalue weighted by Gasteiger charge is 2.25. The van der Waals surface area contributed by atoms with Gasteiger partial charge in [-0.25, -0.2) is 5.84 Å². The van der Waals surface area contributed by atoms with E-state index in [0.29, 0.717) is 12.5 Å². The third-order valence-corrected chi connectivity index (χ3v) is 2.22. The predicted molar refractivity (Wildman–Crippen MR) is 49.7 cm³/mol. The lowest BCUT2D eigenvalue weighted by molar-refractivity contribution is -0.133. The Morgan fingerprint density at radius 3 is 2.85 bits per heavy atom. The van der Waals surface area contributed by atoms with Crippen LogP contribution in [0.25, 0.3) is 0 Å². The van der Waals surface area contributed by atoms with Crippen molar-refractivity contribution in [3.8, 4) is 0 Å². The highest BCUT2D eigenvalue weighted by Crippen LogP contribution is 2.29. The molecule has 4 nitrogen and oxygen atoms in total. The van der Waals surface area contributed by atoms with Gasteiger partial charge >= 0.3 is 0 Å². The largest absolute Gasteiger partial charge is 0.368 e. The Labute approximate surface area is 78.8 Å². The molecule has 1 aliphatic carbocycles. The Bertz CT molecular complexity index is 169. The molecule has 0 spiro atoms. The summed E-state index contributed by atoms with van der Waals surface area (Å²) in [6, 6.07) is 0. The highest BCUT2D eigenvalue weighted by molar-refractivity contribution is 5.80. The molecule has 13 heavy (non-hydrogen) atoms. The second-order valence-corrected chi connectivity index (χ2v) is 3.56. The number of rotatable bonds is 6. The topological polar surface area (TPSA) is 64.3 Å². The molecule has 1 fully saturated rings. The first-order chi connectivity index (χ1) is 6.27. The van der Waals surface area contributed by atoms with Crippen molar-refractivity contribution >= 4 is 5.91 Å². The van der Waals surface area contributed by atoms with Crippen molar-refractivity contribution in [3.63, 3.8) is 0 Å². The van der Waals surface area contributed by atoms with Gasteiger partial charge in [-0.05, 0) is 25.2 Å². The van der Waals surface area contributed by atoms with E-state index in [9.17, 15) is 4.79 Å². The number of hydrazine groups is 1. The molecular weight excluding hydrogens is 168 g/mol. The van der Waals surface area contributed by atoms with E-state index in [1.54, 1.807) is 0 Å². The molecule has 0 aromatic rings. The maximum atomic E-state index is 11.2. The van der Waals surface area contributed by atoms with Gasteiger partial charge in [-0.15, -0.1) is 0 Å². The standard InChI is InChI=1S/C9H18N2O2/c1-2-3-8(9(12)11-10)13-6-7-4-5-7/h7-8H,2-6,10H2,1H3,(H,11,12). The molecule has 0 saturated heterocycles. The summed E-state index contributed by atoms with van der Waals surface area (Å²) in [6.07, 6.45) is 3.81. The average molecular weight is 186 g/mol. The summed E-state index contributed by atoms with van der Waals surface area (Å²) in [6.45, 7) is 2.73. The van der Waals surface area contributed by atoms with Crippen molar-refractivity contribution in [2.24, 2.45) is 11.8 Å². The molecule has 0 heterocycles. The van der Waals surface area contributed by atoms with Crippen LogP contribution in [0.1, 0.15) is 32.6 Å². The van der Waals surface area contributed by atoms with Gasteiger partial charge in [-0.1, -0.05) is 13.3 Å². The lowest BCUT2D eigenvalue weighted by atomic mass is 10.2. The quantitative estimate of drug-likeness (QED) is 0.362. The molecule has 1 amide bonds. The van der Waals surface area contributed by atoms with E-state index in [0.717, 1.165) is 12.8 Å². The number of hydrogen-bond donors (Lipinski definition) is 2. The van der Waals surface area contributed by atoms with E-state index >= 15 is 0 Å². The minimum atomic E-state index is -0.351. The average Bonchev–Trinajstić information content (AvgIpc) is 2.94. The molecule has 1 atom stereocenters. The third kappa shape index (κ3) is 3.74. The maximum absolute atomic E-state index is 11.2. The van der Waals surface area contributed by atoms with Crippen LogP contribution in [0.15, 0.2) is 0 Å². The van der Waals surface area contributed by atoms with Crippen LogP contribution in [-0.4, -0.2) is 18.6 Å². The van der Waals surface area contributed by atoms with E-state index in [-0.39, 0.29) is 12.0 Å². The SMILES string of the molecule is CCCC(OCC1CC1)C(=O)NN. The summed E-state index contributed by atoms with van der Waals surface area (Å²) in [5.41, 5.74) is 2.13. The van der Waals surface area contributed by atoms with Crippen LogP contribution < -0.4 is 11.3 Å². The fourth-order valence-corrected chi connectivity index (χ4v) is 1.18. The fourth-order valence-electron chi connectivity index (χ4n) is 1.18. The Morgan fingerprint density at radius 1 is 1.69 bits per heavy atom. The summed E-state index contributed by atoms with van der Waals surface area (Å²) in [4.78, 5) is 11.2. The number of carbonyl (C=O) groups is 1. The number of nitrogens with one attached hydrogen (secondary N) is 1. The Balaban J connectivity index is 2.22. The molecule has 76 valence electrons. The van der Waals surface area contributed by atoms with Gasteiger partial charge in [0.2, 0.25) is 0 Å². The van der Waals surface area contributed by atoms with Gasteiger partial charge in [0.25, 0.3) is 5.91 Å². The monoisotopic (exact) mass is 186 g/mol. The first kappa shape index (κ1) is 10.5. The van der Waals surface area contributed by atoms with E-state index in [4.69, 9.17) is 10.6 Å². The van der Waals surface area contributed by atoms with Gasteiger partial charge in [0.1, 0.15) is 6.10 Å². The molecule has 1 rings (SSSR count). The Hall–Kier alpha value is -0.610. The second kappa shape index (κ2) is 5.19. The molecule has 1 unspecified atom stereocenters. The van der Waals surface area contributed by atoms with E-state index in [1.807, 2.05) is 6.92 Å². The fraction of sp³-hybridized carbons (Fsp3) is 0.889. The molecule has 1 aliphatic rings. The first-order valence-corrected chi connectivity index (χ1v) is 4.90.